The van der Waals surface area contributed by atoms with Crippen LogP contribution in [0.1, 0.15) is 39.5 Å². The first kappa shape index (κ1) is 18.2. The molecule has 1 rings (SSSR count). The lowest BCUT2D eigenvalue weighted by molar-refractivity contribution is -0.142. The molecule has 0 aromatic carbocycles. The molecule has 2 N–H and O–H groups in total. The number of carbonyl (C=O) groups excluding carboxylic acids is 2. The van der Waals surface area contributed by atoms with E-state index >= 15 is 0 Å². The summed E-state index contributed by atoms with van der Waals surface area (Å²) in [4.78, 5) is 25.7. The van der Waals surface area contributed by atoms with Crippen molar-refractivity contribution in [1.82, 2.24) is 15.5 Å². The number of rotatable bonds is 5. The van der Waals surface area contributed by atoms with E-state index in [0.717, 1.165) is 19.3 Å². The molecule has 0 spiro atoms. The number of likely N-dealkylation sites (tertiary alicyclic amines) is 1. The monoisotopic (exact) mass is 291 g/mol. The largest absolute Gasteiger partial charge is 0.353 e. The van der Waals surface area contributed by atoms with Crippen LogP contribution in [-0.4, -0.2) is 48.9 Å². The van der Waals surface area contributed by atoms with Gasteiger partial charge in [0.1, 0.15) is 6.04 Å². The smallest absolute Gasteiger partial charge is 0.242 e. The van der Waals surface area contributed by atoms with Gasteiger partial charge in [0.2, 0.25) is 11.8 Å². The summed E-state index contributed by atoms with van der Waals surface area (Å²) in [5.41, 5.74) is 0. The lowest BCUT2D eigenvalue weighted by Crippen LogP contribution is -2.53. The Hall–Kier alpha value is -0.810. The Bertz CT molecular complexity index is 300. The number of piperidine rings is 1. The highest BCUT2D eigenvalue weighted by Gasteiger charge is 2.31. The Morgan fingerprint density at radius 3 is 2.63 bits per heavy atom. The second-order valence-corrected chi connectivity index (χ2v) is 4.89. The van der Waals surface area contributed by atoms with E-state index in [-0.39, 0.29) is 36.3 Å². The van der Waals surface area contributed by atoms with Crippen LogP contribution in [0.15, 0.2) is 0 Å². The topological polar surface area (TPSA) is 61.4 Å². The van der Waals surface area contributed by atoms with E-state index < -0.39 is 0 Å². The summed E-state index contributed by atoms with van der Waals surface area (Å²) in [6, 6.07) is -0.0249. The van der Waals surface area contributed by atoms with Gasteiger partial charge in [0.15, 0.2) is 0 Å². The molecule has 1 heterocycles. The van der Waals surface area contributed by atoms with E-state index in [2.05, 4.69) is 10.6 Å². The fraction of sp³-hybridized carbons (Fsp3) is 0.846. The summed E-state index contributed by atoms with van der Waals surface area (Å²) < 4.78 is 0. The van der Waals surface area contributed by atoms with Crippen LogP contribution in [0.25, 0.3) is 0 Å². The number of likely N-dealkylation sites (N-methyl/N-ethyl adjacent to an activating group) is 1. The molecule has 1 saturated heterocycles. The number of carbonyl (C=O) groups is 2. The molecule has 0 aliphatic carbocycles. The van der Waals surface area contributed by atoms with Crippen LogP contribution in [0.4, 0.5) is 0 Å². The second-order valence-electron chi connectivity index (χ2n) is 4.89. The van der Waals surface area contributed by atoms with E-state index in [1.807, 2.05) is 20.9 Å². The summed E-state index contributed by atoms with van der Waals surface area (Å²) in [5, 5.41) is 5.99. The molecular weight excluding hydrogens is 266 g/mol. The lowest BCUT2D eigenvalue weighted by Gasteiger charge is -2.34. The van der Waals surface area contributed by atoms with Crippen molar-refractivity contribution in [2.75, 3.05) is 20.1 Å². The summed E-state index contributed by atoms with van der Waals surface area (Å²) in [5.74, 6) is 0.0649. The first-order valence-corrected chi connectivity index (χ1v) is 6.84. The van der Waals surface area contributed by atoms with Crippen molar-refractivity contribution in [1.29, 1.82) is 0 Å². The number of amides is 2. The zero-order valence-electron chi connectivity index (χ0n) is 12.1. The van der Waals surface area contributed by atoms with Gasteiger partial charge in [-0.05, 0) is 33.2 Å². The Morgan fingerprint density at radius 1 is 1.37 bits per heavy atom. The van der Waals surface area contributed by atoms with E-state index in [0.29, 0.717) is 19.5 Å². The quantitative estimate of drug-likeness (QED) is 0.792. The first-order valence-electron chi connectivity index (χ1n) is 6.84. The number of hydrogen-bond acceptors (Lipinski definition) is 3. The van der Waals surface area contributed by atoms with Crippen LogP contribution in [0.5, 0.6) is 0 Å². The molecule has 1 aliphatic heterocycles. The van der Waals surface area contributed by atoms with Gasteiger partial charge in [0, 0.05) is 25.6 Å². The Balaban J connectivity index is 0.00000324. The average molecular weight is 292 g/mol. The van der Waals surface area contributed by atoms with Crippen molar-refractivity contribution in [2.24, 2.45) is 0 Å². The summed E-state index contributed by atoms with van der Waals surface area (Å²) in [6.07, 6.45) is 3.28. The van der Waals surface area contributed by atoms with E-state index in [4.69, 9.17) is 0 Å². The van der Waals surface area contributed by atoms with E-state index in [1.54, 1.807) is 4.90 Å². The average Bonchev–Trinajstić information content (AvgIpc) is 2.43. The number of nitrogens with one attached hydrogen (secondary N) is 2. The van der Waals surface area contributed by atoms with Crippen molar-refractivity contribution in [3.05, 3.63) is 0 Å². The third-order valence-electron chi connectivity index (χ3n) is 3.50. The zero-order chi connectivity index (χ0) is 13.5. The molecule has 2 atom stereocenters. The van der Waals surface area contributed by atoms with Gasteiger partial charge in [-0.15, -0.1) is 12.4 Å². The predicted octanol–water partition coefficient (Wildman–Crippen LogP) is 0.923. The molecular formula is C13H26ClN3O2. The molecule has 1 fully saturated rings. The molecule has 0 bridgehead atoms. The molecule has 2 unspecified atom stereocenters. The van der Waals surface area contributed by atoms with E-state index in [1.165, 1.54) is 0 Å². The maximum absolute atomic E-state index is 12.1. The molecule has 19 heavy (non-hydrogen) atoms. The van der Waals surface area contributed by atoms with Crippen LogP contribution in [0.3, 0.4) is 0 Å². The third-order valence-corrected chi connectivity index (χ3v) is 3.50. The SMILES string of the molecule is CCC(=O)N1CCCCC1C(=O)NCC(C)NC.Cl. The molecule has 6 heteroatoms. The highest BCUT2D eigenvalue weighted by molar-refractivity contribution is 5.87. The van der Waals surface area contributed by atoms with Crippen LogP contribution in [0.2, 0.25) is 0 Å². The highest BCUT2D eigenvalue weighted by atomic mass is 35.5. The van der Waals surface area contributed by atoms with Gasteiger partial charge in [-0.25, -0.2) is 0 Å². The van der Waals surface area contributed by atoms with Crippen LogP contribution < -0.4 is 10.6 Å². The fourth-order valence-corrected chi connectivity index (χ4v) is 2.18. The zero-order valence-corrected chi connectivity index (χ0v) is 12.9. The van der Waals surface area contributed by atoms with Gasteiger partial charge in [-0.3, -0.25) is 9.59 Å². The fourth-order valence-electron chi connectivity index (χ4n) is 2.18. The van der Waals surface area contributed by atoms with Gasteiger partial charge in [-0.2, -0.15) is 0 Å². The molecule has 112 valence electrons. The lowest BCUT2D eigenvalue weighted by atomic mass is 10.0. The van der Waals surface area contributed by atoms with Gasteiger partial charge in [-0.1, -0.05) is 6.92 Å². The van der Waals surface area contributed by atoms with Crippen molar-refractivity contribution >= 4 is 24.2 Å². The van der Waals surface area contributed by atoms with Crippen LogP contribution in [-0.2, 0) is 9.59 Å². The van der Waals surface area contributed by atoms with Crippen molar-refractivity contribution in [3.8, 4) is 0 Å². The first-order chi connectivity index (χ1) is 8.60. The second kappa shape index (κ2) is 9.15. The normalized spacial score (nSPS) is 20.4. The Labute approximate surface area is 121 Å². The van der Waals surface area contributed by atoms with Crippen LogP contribution >= 0.6 is 12.4 Å². The minimum Gasteiger partial charge on any atom is -0.353 e. The molecule has 2 amide bonds. The third kappa shape index (κ3) is 5.37. The van der Waals surface area contributed by atoms with Gasteiger partial charge in [0.05, 0.1) is 0 Å². The molecule has 0 aromatic heterocycles. The van der Waals surface area contributed by atoms with Crippen molar-refractivity contribution in [3.63, 3.8) is 0 Å². The summed E-state index contributed by atoms with van der Waals surface area (Å²) in [7, 11) is 1.87. The van der Waals surface area contributed by atoms with Crippen LogP contribution in [0, 0.1) is 0 Å². The number of nitrogens with zero attached hydrogens (tertiary/aromatic N) is 1. The molecule has 0 radical (unpaired) electrons. The maximum Gasteiger partial charge on any atom is 0.242 e. The molecule has 0 aromatic rings. The molecule has 0 saturated carbocycles. The Morgan fingerprint density at radius 2 is 2.05 bits per heavy atom. The number of halogens is 1. The molecule has 5 nitrogen and oxygen atoms in total. The van der Waals surface area contributed by atoms with Crippen molar-refractivity contribution < 1.29 is 9.59 Å². The highest BCUT2D eigenvalue weighted by Crippen LogP contribution is 2.18. The summed E-state index contributed by atoms with van der Waals surface area (Å²) >= 11 is 0. The maximum atomic E-state index is 12.1. The van der Waals surface area contributed by atoms with Gasteiger partial charge < -0.3 is 15.5 Å². The van der Waals surface area contributed by atoms with Gasteiger partial charge in [0.25, 0.3) is 0 Å². The predicted molar refractivity (Wildman–Crippen MR) is 78.4 cm³/mol. The Kier molecular flexibility index (Phi) is 8.76. The minimum atomic E-state index is -0.268. The molecule has 1 aliphatic rings. The van der Waals surface area contributed by atoms with E-state index in [9.17, 15) is 9.59 Å². The standard InChI is InChI=1S/C13H25N3O2.ClH/c1-4-12(17)16-8-6-5-7-11(16)13(18)15-9-10(2)14-3;/h10-11,14H,4-9H2,1-3H3,(H,15,18);1H. The number of hydrogen-bond donors (Lipinski definition) is 2. The summed E-state index contributed by atoms with van der Waals surface area (Å²) in [6.45, 7) is 5.16. The van der Waals surface area contributed by atoms with Gasteiger partial charge >= 0.3 is 0 Å². The van der Waals surface area contributed by atoms with Crippen molar-refractivity contribution in [2.45, 2.75) is 51.6 Å². The minimum absolute atomic E-state index is 0.